The minimum absolute atomic E-state index is 0.0260. The fourth-order valence-corrected chi connectivity index (χ4v) is 2.24. The van der Waals surface area contributed by atoms with E-state index in [1.807, 2.05) is 11.8 Å². The fraction of sp³-hybridized carbons (Fsp3) is 0.857. The van der Waals surface area contributed by atoms with Crippen LogP contribution in [-0.2, 0) is 4.79 Å². The fourth-order valence-electron chi connectivity index (χ4n) is 1.13. The van der Waals surface area contributed by atoms with Crippen molar-refractivity contribution in [1.29, 1.82) is 0 Å². The van der Waals surface area contributed by atoms with Crippen LogP contribution in [-0.4, -0.2) is 30.0 Å². The van der Waals surface area contributed by atoms with Crippen molar-refractivity contribution in [2.45, 2.75) is 18.9 Å². The van der Waals surface area contributed by atoms with Gasteiger partial charge in [0, 0.05) is 6.04 Å². The highest BCUT2D eigenvalue weighted by Gasteiger charge is 2.14. The molecule has 1 amide bonds. The summed E-state index contributed by atoms with van der Waals surface area (Å²) >= 11 is 1.95. The van der Waals surface area contributed by atoms with Crippen molar-refractivity contribution in [3.63, 3.8) is 0 Å². The van der Waals surface area contributed by atoms with E-state index in [-0.39, 0.29) is 12.5 Å². The highest BCUT2D eigenvalue weighted by atomic mass is 32.2. The van der Waals surface area contributed by atoms with Crippen LogP contribution in [0.3, 0.4) is 0 Å². The van der Waals surface area contributed by atoms with Crippen LogP contribution in [0.25, 0.3) is 0 Å². The van der Waals surface area contributed by atoms with Crippen molar-refractivity contribution < 1.29 is 4.79 Å². The lowest BCUT2D eigenvalue weighted by Gasteiger charge is -2.21. The third kappa shape index (κ3) is 3.12. The molecule has 0 aromatic heterocycles. The summed E-state index contributed by atoms with van der Waals surface area (Å²) in [6.45, 7) is 0.115. The Labute approximate surface area is 71.1 Å². The summed E-state index contributed by atoms with van der Waals surface area (Å²) in [7, 11) is 0. The molecular weight excluding hydrogens is 160 g/mol. The molecule has 0 atom stereocenters. The van der Waals surface area contributed by atoms with Gasteiger partial charge in [-0.25, -0.2) is 0 Å². The van der Waals surface area contributed by atoms with E-state index in [1.54, 1.807) is 0 Å². The molecule has 1 rings (SSSR count). The summed E-state index contributed by atoms with van der Waals surface area (Å²) < 4.78 is 0. The number of carbonyl (C=O) groups excluding carboxylic acids is 1. The van der Waals surface area contributed by atoms with Gasteiger partial charge in [-0.15, -0.1) is 0 Å². The molecule has 0 radical (unpaired) electrons. The summed E-state index contributed by atoms with van der Waals surface area (Å²) in [5.74, 6) is 2.30. The van der Waals surface area contributed by atoms with Crippen molar-refractivity contribution in [1.82, 2.24) is 5.32 Å². The quantitative estimate of drug-likeness (QED) is 0.617. The maximum atomic E-state index is 10.8. The minimum atomic E-state index is -0.0260. The van der Waals surface area contributed by atoms with Crippen LogP contribution in [0.1, 0.15) is 12.8 Å². The van der Waals surface area contributed by atoms with Gasteiger partial charge in [-0.05, 0) is 24.3 Å². The molecule has 0 bridgehead atoms. The third-order valence-corrected chi connectivity index (χ3v) is 2.82. The largest absolute Gasteiger partial charge is 0.352 e. The van der Waals surface area contributed by atoms with Crippen LogP contribution in [0, 0.1) is 0 Å². The molecule has 11 heavy (non-hydrogen) atoms. The summed E-state index contributed by atoms with van der Waals surface area (Å²) in [6, 6.07) is 0.382. The Bertz CT molecular complexity index is 134. The van der Waals surface area contributed by atoms with Crippen molar-refractivity contribution in [3.05, 3.63) is 0 Å². The monoisotopic (exact) mass is 174 g/mol. The molecule has 0 aromatic rings. The number of hydrogen-bond donors (Lipinski definition) is 2. The number of rotatable bonds is 2. The number of carbonyl (C=O) groups is 1. The maximum Gasteiger partial charge on any atom is 0.233 e. The van der Waals surface area contributed by atoms with Gasteiger partial charge in [-0.2, -0.15) is 11.8 Å². The smallest absolute Gasteiger partial charge is 0.233 e. The number of nitrogens with one attached hydrogen (secondary N) is 1. The lowest BCUT2D eigenvalue weighted by atomic mass is 10.1. The van der Waals surface area contributed by atoms with Gasteiger partial charge in [0.1, 0.15) is 0 Å². The number of thioether (sulfide) groups is 1. The van der Waals surface area contributed by atoms with Gasteiger partial charge in [0.05, 0.1) is 6.54 Å². The van der Waals surface area contributed by atoms with Crippen LogP contribution >= 0.6 is 11.8 Å². The molecule has 3 nitrogen and oxygen atoms in total. The van der Waals surface area contributed by atoms with Gasteiger partial charge in [0.15, 0.2) is 0 Å². The van der Waals surface area contributed by atoms with Crippen LogP contribution in [0.2, 0.25) is 0 Å². The molecule has 1 saturated heterocycles. The SMILES string of the molecule is NCC(=O)NC1CCSCC1. The predicted octanol–water partition coefficient (Wildman–Crippen LogP) is -0.0431. The standard InChI is InChI=1S/C7H14N2OS/c8-5-7(10)9-6-1-3-11-4-2-6/h6H,1-5,8H2,(H,9,10). The Balaban J connectivity index is 2.19. The van der Waals surface area contributed by atoms with E-state index in [0.717, 1.165) is 24.3 Å². The molecular formula is C7H14N2OS. The van der Waals surface area contributed by atoms with E-state index >= 15 is 0 Å². The molecule has 0 aliphatic carbocycles. The Morgan fingerprint density at radius 1 is 1.55 bits per heavy atom. The van der Waals surface area contributed by atoms with Crippen molar-refractivity contribution in [2.75, 3.05) is 18.1 Å². The van der Waals surface area contributed by atoms with E-state index in [1.165, 1.54) is 0 Å². The number of hydrogen-bond acceptors (Lipinski definition) is 3. The lowest BCUT2D eigenvalue weighted by molar-refractivity contribution is -0.120. The first-order chi connectivity index (χ1) is 5.33. The number of amides is 1. The molecule has 1 heterocycles. The van der Waals surface area contributed by atoms with E-state index in [4.69, 9.17) is 5.73 Å². The Kier molecular flexibility index (Phi) is 3.72. The molecule has 1 aliphatic rings. The van der Waals surface area contributed by atoms with Gasteiger partial charge < -0.3 is 11.1 Å². The van der Waals surface area contributed by atoms with E-state index < -0.39 is 0 Å². The highest BCUT2D eigenvalue weighted by Crippen LogP contribution is 2.16. The summed E-state index contributed by atoms with van der Waals surface area (Å²) in [5.41, 5.74) is 5.17. The molecule has 1 fully saturated rings. The van der Waals surface area contributed by atoms with Gasteiger partial charge in [0.25, 0.3) is 0 Å². The third-order valence-electron chi connectivity index (χ3n) is 1.77. The van der Waals surface area contributed by atoms with Gasteiger partial charge in [-0.3, -0.25) is 4.79 Å². The summed E-state index contributed by atoms with van der Waals surface area (Å²) in [4.78, 5) is 10.8. The van der Waals surface area contributed by atoms with Crippen molar-refractivity contribution >= 4 is 17.7 Å². The zero-order valence-electron chi connectivity index (χ0n) is 6.51. The number of nitrogens with two attached hydrogens (primary N) is 1. The molecule has 0 aromatic carbocycles. The predicted molar refractivity (Wildman–Crippen MR) is 47.5 cm³/mol. The average Bonchev–Trinajstić information content (AvgIpc) is 2.06. The molecule has 64 valence electrons. The topological polar surface area (TPSA) is 55.1 Å². The zero-order chi connectivity index (χ0) is 8.10. The van der Waals surface area contributed by atoms with Crippen LogP contribution in [0.4, 0.5) is 0 Å². The van der Waals surface area contributed by atoms with Gasteiger partial charge in [-0.1, -0.05) is 0 Å². The first-order valence-electron chi connectivity index (χ1n) is 3.90. The molecule has 3 N–H and O–H groups in total. The molecule has 0 spiro atoms. The first kappa shape index (κ1) is 8.87. The van der Waals surface area contributed by atoms with Crippen LogP contribution < -0.4 is 11.1 Å². The van der Waals surface area contributed by atoms with E-state index in [2.05, 4.69) is 5.32 Å². The normalized spacial score (nSPS) is 19.7. The minimum Gasteiger partial charge on any atom is -0.352 e. The van der Waals surface area contributed by atoms with Crippen molar-refractivity contribution in [3.8, 4) is 0 Å². The van der Waals surface area contributed by atoms with E-state index in [9.17, 15) is 4.79 Å². The second-order valence-electron chi connectivity index (χ2n) is 2.66. The highest BCUT2D eigenvalue weighted by molar-refractivity contribution is 7.99. The Morgan fingerprint density at radius 3 is 2.73 bits per heavy atom. The maximum absolute atomic E-state index is 10.8. The summed E-state index contributed by atoms with van der Waals surface area (Å²) in [5, 5.41) is 2.89. The second-order valence-corrected chi connectivity index (χ2v) is 3.88. The van der Waals surface area contributed by atoms with Crippen LogP contribution in [0.15, 0.2) is 0 Å². The Hall–Kier alpha value is -0.220. The van der Waals surface area contributed by atoms with Crippen LogP contribution in [0.5, 0.6) is 0 Å². The molecule has 0 saturated carbocycles. The van der Waals surface area contributed by atoms with Crippen molar-refractivity contribution in [2.24, 2.45) is 5.73 Å². The van der Waals surface area contributed by atoms with E-state index in [0.29, 0.717) is 6.04 Å². The summed E-state index contributed by atoms with van der Waals surface area (Å²) in [6.07, 6.45) is 2.19. The second kappa shape index (κ2) is 4.62. The molecule has 4 heteroatoms. The molecule has 1 aliphatic heterocycles. The first-order valence-corrected chi connectivity index (χ1v) is 5.05. The Morgan fingerprint density at radius 2 is 2.18 bits per heavy atom. The van der Waals surface area contributed by atoms with Gasteiger partial charge in [0.2, 0.25) is 5.91 Å². The molecule has 0 unspecified atom stereocenters. The van der Waals surface area contributed by atoms with Gasteiger partial charge >= 0.3 is 0 Å². The average molecular weight is 174 g/mol. The lowest BCUT2D eigenvalue weighted by Crippen LogP contribution is -2.40. The zero-order valence-corrected chi connectivity index (χ0v) is 7.32.